The second kappa shape index (κ2) is 8.71. The van der Waals surface area contributed by atoms with Crippen LogP contribution in [-0.4, -0.2) is 55.3 Å². The highest BCUT2D eigenvalue weighted by atomic mass is 32.2. The number of amides is 2. The smallest absolute Gasteiger partial charge is 0.229 e. The maximum absolute atomic E-state index is 12.3. The second-order valence-electron chi connectivity index (χ2n) is 6.10. The summed E-state index contributed by atoms with van der Waals surface area (Å²) in [5.74, 6) is -0.376. The summed E-state index contributed by atoms with van der Waals surface area (Å²) in [4.78, 5) is 29.1. The lowest BCUT2D eigenvalue weighted by Gasteiger charge is -2.18. The average molecular weight is 346 g/mol. The molecule has 1 aromatic carbocycles. The zero-order chi connectivity index (χ0) is 17.5. The third-order valence-corrected chi connectivity index (χ3v) is 4.50. The van der Waals surface area contributed by atoms with Gasteiger partial charge in [-0.1, -0.05) is 0 Å². The van der Waals surface area contributed by atoms with Crippen molar-refractivity contribution in [3.8, 4) is 5.40 Å². The van der Waals surface area contributed by atoms with E-state index in [2.05, 4.69) is 10.2 Å². The number of rotatable bonds is 7. The standard InChI is InChI=1S/C17H22N4O2S/c1-20(2)8-3-9-21-11-13(10-16(21)22)17(23)19-14-4-6-15(7-5-14)24-12-18/h4-7,13H,3,8-11H2,1-2H3,(H,19,23). The lowest BCUT2D eigenvalue weighted by molar-refractivity contribution is -0.128. The lowest BCUT2D eigenvalue weighted by Crippen LogP contribution is -2.30. The molecule has 24 heavy (non-hydrogen) atoms. The Morgan fingerprint density at radius 2 is 2.12 bits per heavy atom. The van der Waals surface area contributed by atoms with E-state index < -0.39 is 0 Å². The van der Waals surface area contributed by atoms with E-state index in [1.165, 1.54) is 0 Å². The molecule has 1 aromatic rings. The number of carbonyl (C=O) groups excluding carboxylic acids is 2. The number of nitrogens with zero attached hydrogens (tertiary/aromatic N) is 3. The van der Waals surface area contributed by atoms with Crippen molar-refractivity contribution in [3.63, 3.8) is 0 Å². The SMILES string of the molecule is CN(C)CCCN1CC(C(=O)Nc2ccc(SC#N)cc2)CC1=O. The van der Waals surface area contributed by atoms with Crippen molar-refractivity contribution in [3.05, 3.63) is 24.3 Å². The molecular weight excluding hydrogens is 324 g/mol. The lowest BCUT2D eigenvalue weighted by atomic mass is 10.1. The van der Waals surface area contributed by atoms with Crippen LogP contribution in [-0.2, 0) is 9.59 Å². The molecule has 0 bridgehead atoms. The quantitative estimate of drug-likeness (QED) is 0.604. The Labute approximate surface area is 146 Å². The van der Waals surface area contributed by atoms with Crippen molar-refractivity contribution >= 4 is 29.3 Å². The van der Waals surface area contributed by atoms with Gasteiger partial charge in [-0.05, 0) is 63.1 Å². The molecule has 1 saturated heterocycles. The fourth-order valence-electron chi connectivity index (χ4n) is 2.65. The van der Waals surface area contributed by atoms with Gasteiger partial charge in [-0.3, -0.25) is 9.59 Å². The molecule has 7 heteroatoms. The average Bonchev–Trinajstić information content (AvgIpc) is 2.90. The number of hydrogen-bond acceptors (Lipinski definition) is 5. The molecule has 1 N–H and O–H groups in total. The molecule has 6 nitrogen and oxygen atoms in total. The van der Waals surface area contributed by atoms with Crippen LogP contribution in [0, 0.1) is 16.6 Å². The van der Waals surface area contributed by atoms with Gasteiger partial charge >= 0.3 is 0 Å². The van der Waals surface area contributed by atoms with Gasteiger partial charge in [0.15, 0.2) is 0 Å². The zero-order valence-corrected chi connectivity index (χ0v) is 14.8. The van der Waals surface area contributed by atoms with Crippen LogP contribution in [0.1, 0.15) is 12.8 Å². The molecule has 0 aromatic heterocycles. The van der Waals surface area contributed by atoms with Crippen molar-refractivity contribution in [2.45, 2.75) is 17.7 Å². The molecule has 1 unspecified atom stereocenters. The van der Waals surface area contributed by atoms with Crippen LogP contribution >= 0.6 is 11.8 Å². The summed E-state index contributed by atoms with van der Waals surface area (Å²) >= 11 is 1.08. The Balaban J connectivity index is 1.84. The predicted octanol–water partition coefficient (Wildman–Crippen LogP) is 2.00. The van der Waals surface area contributed by atoms with Crippen molar-refractivity contribution in [1.82, 2.24) is 9.80 Å². The molecule has 0 aliphatic carbocycles. The van der Waals surface area contributed by atoms with Gasteiger partial charge in [0.1, 0.15) is 5.40 Å². The Morgan fingerprint density at radius 3 is 2.75 bits per heavy atom. The summed E-state index contributed by atoms with van der Waals surface area (Å²) in [7, 11) is 4.00. The normalized spacial score (nSPS) is 17.2. The third-order valence-electron chi connectivity index (χ3n) is 3.90. The van der Waals surface area contributed by atoms with Crippen LogP contribution in [0.4, 0.5) is 5.69 Å². The summed E-state index contributed by atoms with van der Waals surface area (Å²) in [6.45, 7) is 2.11. The Hall–Kier alpha value is -2.04. The van der Waals surface area contributed by atoms with E-state index in [0.717, 1.165) is 29.6 Å². The number of anilines is 1. The maximum atomic E-state index is 12.3. The molecule has 0 spiro atoms. The Morgan fingerprint density at radius 1 is 1.42 bits per heavy atom. The van der Waals surface area contributed by atoms with Gasteiger partial charge < -0.3 is 15.1 Å². The van der Waals surface area contributed by atoms with E-state index in [4.69, 9.17) is 5.26 Å². The summed E-state index contributed by atoms with van der Waals surface area (Å²) in [6.07, 6.45) is 1.18. The largest absolute Gasteiger partial charge is 0.342 e. The van der Waals surface area contributed by atoms with E-state index in [1.807, 2.05) is 19.5 Å². The van der Waals surface area contributed by atoms with Crippen LogP contribution in [0.2, 0.25) is 0 Å². The highest BCUT2D eigenvalue weighted by Gasteiger charge is 2.33. The van der Waals surface area contributed by atoms with Gasteiger partial charge in [0.25, 0.3) is 0 Å². The number of benzene rings is 1. The number of likely N-dealkylation sites (tertiary alicyclic amines) is 1. The molecule has 1 aliphatic heterocycles. The summed E-state index contributed by atoms with van der Waals surface area (Å²) in [5, 5.41) is 13.5. The van der Waals surface area contributed by atoms with Crippen LogP contribution in [0.25, 0.3) is 0 Å². The summed E-state index contributed by atoms with van der Waals surface area (Å²) < 4.78 is 0. The van der Waals surface area contributed by atoms with Crippen molar-refractivity contribution in [2.75, 3.05) is 39.0 Å². The van der Waals surface area contributed by atoms with E-state index in [0.29, 0.717) is 18.8 Å². The van der Waals surface area contributed by atoms with Gasteiger partial charge in [0.2, 0.25) is 11.8 Å². The summed E-state index contributed by atoms with van der Waals surface area (Å²) in [5.41, 5.74) is 0.681. The number of thiocyanates is 1. The fourth-order valence-corrected chi connectivity index (χ4v) is 3.02. The minimum Gasteiger partial charge on any atom is -0.342 e. The van der Waals surface area contributed by atoms with Gasteiger partial charge in [0, 0.05) is 30.1 Å². The highest BCUT2D eigenvalue weighted by molar-refractivity contribution is 8.03. The van der Waals surface area contributed by atoms with E-state index in [1.54, 1.807) is 29.2 Å². The van der Waals surface area contributed by atoms with Crippen LogP contribution in [0.15, 0.2) is 29.2 Å². The van der Waals surface area contributed by atoms with E-state index in [9.17, 15) is 9.59 Å². The molecule has 128 valence electrons. The van der Waals surface area contributed by atoms with E-state index in [-0.39, 0.29) is 24.2 Å². The minimum absolute atomic E-state index is 0.0506. The van der Waals surface area contributed by atoms with E-state index >= 15 is 0 Å². The molecule has 1 aliphatic rings. The summed E-state index contributed by atoms with van der Waals surface area (Å²) in [6, 6.07) is 7.11. The highest BCUT2D eigenvalue weighted by Crippen LogP contribution is 2.22. The molecule has 1 fully saturated rings. The molecule has 1 heterocycles. The number of thioether (sulfide) groups is 1. The Bertz CT molecular complexity index is 624. The number of hydrogen-bond donors (Lipinski definition) is 1. The molecule has 0 radical (unpaired) electrons. The van der Waals surface area contributed by atoms with Gasteiger partial charge in [-0.15, -0.1) is 0 Å². The molecule has 2 rings (SSSR count). The predicted molar refractivity (Wildman–Crippen MR) is 94.4 cm³/mol. The van der Waals surface area contributed by atoms with Gasteiger partial charge in [0.05, 0.1) is 5.92 Å². The van der Waals surface area contributed by atoms with Gasteiger partial charge in [-0.25, -0.2) is 0 Å². The van der Waals surface area contributed by atoms with Crippen molar-refractivity contribution < 1.29 is 9.59 Å². The minimum atomic E-state index is -0.301. The van der Waals surface area contributed by atoms with Crippen molar-refractivity contribution in [2.24, 2.45) is 5.92 Å². The second-order valence-corrected chi connectivity index (χ2v) is 6.96. The molecule has 0 saturated carbocycles. The molecule has 2 amide bonds. The topological polar surface area (TPSA) is 76.4 Å². The monoisotopic (exact) mass is 346 g/mol. The fraction of sp³-hybridized carbons (Fsp3) is 0.471. The number of carbonyl (C=O) groups is 2. The first-order chi connectivity index (χ1) is 11.5. The van der Waals surface area contributed by atoms with Crippen LogP contribution in [0.5, 0.6) is 0 Å². The first-order valence-electron chi connectivity index (χ1n) is 7.89. The number of nitrogens with one attached hydrogen (secondary N) is 1. The third kappa shape index (κ3) is 5.25. The zero-order valence-electron chi connectivity index (χ0n) is 14.0. The van der Waals surface area contributed by atoms with Crippen LogP contribution in [0.3, 0.4) is 0 Å². The van der Waals surface area contributed by atoms with Crippen molar-refractivity contribution in [1.29, 1.82) is 5.26 Å². The molecular formula is C17H22N4O2S. The molecule has 1 atom stereocenters. The number of nitriles is 1. The first kappa shape index (κ1) is 18.3. The first-order valence-corrected chi connectivity index (χ1v) is 8.70. The van der Waals surface area contributed by atoms with Gasteiger partial charge in [-0.2, -0.15) is 5.26 Å². The van der Waals surface area contributed by atoms with Crippen LogP contribution < -0.4 is 5.32 Å². The Kier molecular flexibility index (Phi) is 6.64. The maximum Gasteiger partial charge on any atom is 0.229 e.